The molecule has 3 aromatic rings. The van der Waals surface area contributed by atoms with Gasteiger partial charge in [-0.15, -0.1) is 11.3 Å². The lowest BCUT2D eigenvalue weighted by Crippen LogP contribution is -2.43. The van der Waals surface area contributed by atoms with Crippen LogP contribution in [0.4, 0.5) is 0 Å². The van der Waals surface area contributed by atoms with Gasteiger partial charge in [-0.1, -0.05) is 24.3 Å². The number of ether oxygens (including phenoxy) is 1. The molecule has 0 N–H and O–H groups in total. The summed E-state index contributed by atoms with van der Waals surface area (Å²) in [5, 5.41) is 2.73. The van der Waals surface area contributed by atoms with E-state index in [4.69, 9.17) is 9.72 Å². The molecular formula is C26H26N2O5S2. The highest BCUT2D eigenvalue weighted by atomic mass is 32.2. The molecule has 1 aliphatic carbocycles. The first-order chi connectivity index (χ1) is 16.9. The van der Waals surface area contributed by atoms with E-state index in [1.807, 2.05) is 41.8 Å². The van der Waals surface area contributed by atoms with E-state index in [0.717, 1.165) is 28.1 Å². The number of allylic oxidation sites excluding steroid dienone is 1. The molecule has 0 unspecified atom stereocenters. The number of fused-ring (bicyclic) bond motifs is 2. The number of rotatable bonds is 6. The Kier molecular flexibility index (Phi) is 6.46. The second-order valence-corrected chi connectivity index (χ2v) is 12.0. The molecule has 1 aliphatic heterocycles. The fraction of sp³-hybridized carbons (Fsp3) is 0.346. The number of benzene rings is 1. The van der Waals surface area contributed by atoms with Crippen LogP contribution >= 0.6 is 11.3 Å². The van der Waals surface area contributed by atoms with Crippen molar-refractivity contribution in [1.82, 2.24) is 9.88 Å². The Labute approximate surface area is 208 Å². The molecule has 9 heteroatoms. The summed E-state index contributed by atoms with van der Waals surface area (Å²) < 4.78 is 29.3. The van der Waals surface area contributed by atoms with E-state index in [9.17, 15) is 18.0 Å². The second-order valence-electron chi connectivity index (χ2n) is 8.83. The van der Waals surface area contributed by atoms with Gasteiger partial charge in [0.2, 0.25) is 0 Å². The van der Waals surface area contributed by atoms with Crippen LogP contribution in [0.1, 0.15) is 46.3 Å². The van der Waals surface area contributed by atoms with E-state index in [2.05, 4.69) is 6.08 Å². The Morgan fingerprint density at radius 1 is 1.20 bits per heavy atom. The number of sulfone groups is 1. The molecule has 2 aliphatic rings. The number of hydrogen-bond donors (Lipinski definition) is 0. The molecule has 1 fully saturated rings. The maximum absolute atomic E-state index is 13.3. The largest absolute Gasteiger partial charge is 0.452 e. The molecule has 0 spiro atoms. The third kappa shape index (κ3) is 4.75. The highest BCUT2D eigenvalue weighted by molar-refractivity contribution is 7.91. The van der Waals surface area contributed by atoms with E-state index in [1.165, 1.54) is 4.90 Å². The molecule has 5 rings (SSSR count). The minimum absolute atomic E-state index is 0.0393. The van der Waals surface area contributed by atoms with E-state index in [1.54, 1.807) is 18.3 Å². The summed E-state index contributed by atoms with van der Waals surface area (Å²) in [4.78, 5) is 33.7. The lowest BCUT2D eigenvalue weighted by atomic mass is 10.0. The minimum atomic E-state index is -3.13. The normalized spacial score (nSPS) is 19.7. The minimum Gasteiger partial charge on any atom is -0.452 e. The van der Waals surface area contributed by atoms with Gasteiger partial charge in [0.05, 0.1) is 28.3 Å². The summed E-state index contributed by atoms with van der Waals surface area (Å²) in [5.74, 6) is -0.892. The number of hydrogen-bond acceptors (Lipinski definition) is 7. The van der Waals surface area contributed by atoms with Crippen molar-refractivity contribution in [2.75, 3.05) is 24.7 Å². The lowest BCUT2D eigenvalue weighted by molar-refractivity contribution is -0.136. The molecule has 35 heavy (non-hydrogen) atoms. The topological polar surface area (TPSA) is 93.6 Å². The number of carbonyl (C=O) groups is 2. The SMILES string of the molecule is CCN(C(=O)COC(=O)c1c2c(nc3ccccc13)/C(=C/c1cccs1)CC2)[C@@H]1CCS(=O)(=O)C1. The first-order valence-corrected chi connectivity index (χ1v) is 14.4. The number of nitrogens with zero attached hydrogens (tertiary/aromatic N) is 2. The molecule has 7 nitrogen and oxygen atoms in total. The number of aromatic nitrogens is 1. The van der Waals surface area contributed by atoms with Gasteiger partial charge in [0.1, 0.15) is 0 Å². The highest BCUT2D eigenvalue weighted by Crippen LogP contribution is 2.38. The quantitative estimate of drug-likeness (QED) is 0.466. The van der Waals surface area contributed by atoms with E-state index in [-0.39, 0.29) is 23.5 Å². The lowest BCUT2D eigenvalue weighted by Gasteiger charge is -2.26. The number of pyridine rings is 1. The first kappa shape index (κ1) is 23.7. The summed E-state index contributed by atoms with van der Waals surface area (Å²) >= 11 is 1.65. The van der Waals surface area contributed by atoms with Crippen LogP contribution < -0.4 is 0 Å². The molecule has 3 heterocycles. The van der Waals surface area contributed by atoms with Gasteiger partial charge in [-0.2, -0.15) is 0 Å². The van der Waals surface area contributed by atoms with E-state index < -0.39 is 22.4 Å². The van der Waals surface area contributed by atoms with Gasteiger partial charge < -0.3 is 9.64 Å². The fourth-order valence-electron chi connectivity index (χ4n) is 5.00. The number of esters is 1. The van der Waals surface area contributed by atoms with Crippen molar-refractivity contribution in [2.24, 2.45) is 0 Å². The average Bonchev–Trinajstić information content (AvgIpc) is 3.58. The molecule has 1 atom stereocenters. The van der Waals surface area contributed by atoms with Crippen LogP contribution in [0.25, 0.3) is 22.6 Å². The monoisotopic (exact) mass is 510 g/mol. The Bertz CT molecular complexity index is 1430. The van der Waals surface area contributed by atoms with Crippen LogP contribution in [0.2, 0.25) is 0 Å². The number of thiophene rings is 1. The van der Waals surface area contributed by atoms with Gasteiger partial charge in [0.25, 0.3) is 5.91 Å². The van der Waals surface area contributed by atoms with E-state index in [0.29, 0.717) is 35.9 Å². The molecule has 2 aromatic heterocycles. The van der Waals surface area contributed by atoms with Crippen molar-refractivity contribution in [3.63, 3.8) is 0 Å². The van der Waals surface area contributed by atoms with Crippen molar-refractivity contribution < 1.29 is 22.7 Å². The van der Waals surface area contributed by atoms with Crippen LogP contribution in [0.5, 0.6) is 0 Å². The summed E-state index contributed by atoms with van der Waals surface area (Å²) in [6, 6.07) is 11.1. The molecule has 0 bridgehead atoms. The zero-order valence-electron chi connectivity index (χ0n) is 19.4. The maximum Gasteiger partial charge on any atom is 0.339 e. The number of carbonyl (C=O) groups excluding carboxylic acids is 2. The van der Waals surface area contributed by atoms with Crippen LogP contribution in [0, 0.1) is 0 Å². The third-order valence-electron chi connectivity index (χ3n) is 6.64. The van der Waals surface area contributed by atoms with Crippen molar-refractivity contribution in [3.05, 3.63) is 63.5 Å². The van der Waals surface area contributed by atoms with Crippen LogP contribution in [-0.2, 0) is 25.8 Å². The Hall–Kier alpha value is -3.04. The van der Waals surface area contributed by atoms with Gasteiger partial charge in [0.15, 0.2) is 16.4 Å². The fourth-order valence-corrected chi connectivity index (χ4v) is 7.41. The predicted molar refractivity (Wildman–Crippen MR) is 137 cm³/mol. The molecular weight excluding hydrogens is 484 g/mol. The second kappa shape index (κ2) is 9.54. The third-order valence-corrected chi connectivity index (χ3v) is 9.21. The van der Waals surface area contributed by atoms with Crippen LogP contribution in [0.15, 0.2) is 41.8 Å². The highest BCUT2D eigenvalue weighted by Gasteiger charge is 2.34. The van der Waals surface area contributed by atoms with Crippen molar-refractivity contribution in [3.8, 4) is 0 Å². The molecule has 1 amide bonds. The number of amides is 1. The number of para-hydroxylation sites is 1. The Morgan fingerprint density at radius 3 is 2.74 bits per heavy atom. The molecule has 182 valence electrons. The summed E-state index contributed by atoms with van der Waals surface area (Å²) in [6.07, 6.45) is 3.97. The first-order valence-electron chi connectivity index (χ1n) is 11.7. The van der Waals surface area contributed by atoms with Gasteiger partial charge in [0, 0.05) is 22.8 Å². The predicted octanol–water partition coefficient (Wildman–Crippen LogP) is 3.98. The molecule has 1 saturated heterocycles. The summed E-state index contributed by atoms with van der Waals surface area (Å²) in [7, 11) is -3.13. The summed E-state index contributed by atoms with van der Waals surface area (Å²) in [5.41, 5.74) is 3.90. The van der Waals surface area contributed by atoms with Gasteiger partial charge in [-0.05, 0) is 60.9 Å². The number of likely N-dealkylation sites (N-methyl/N-ethyl adjacent to an activating group) is 1. The molecule has 0 saturated carbocycles. The van der Waals surface area contributed by atoms with Crippen molar-refractivity contribution in [1.29, 1.82) is 0 Å². The van der Waals surface area contributed by atoms with E-state index >= 15 is 0 Å². The van der Waals surface area contributed by atoms with Crippen molar-refractivity contribution in [2.45, 2.75) is 32.2 Å². The Morgan fingerprint density at radius 2 is 2.03 bits per heavy atom. The molecule has 0 radical (unpaired) electrons. The zero-order chi connectivity index (χ0) is 24.6. The maximum atomic E-state index is 13.3. The smallest absolute Gasteiger partial charge is 0.339 e. The Balaban J connectivity index is 1.42. The zero-order valence-corrected chi connectivity index (χ0v) is 21.0. The standard InChI is InChI=1S/C26H26N2O5S2/c1-2-28(18-11-13-35(31,32)16-18)23(29)15-33-26(30)24-20-7-3-4-8-22(20)27-25-17(9-10-21(24)25)14-19-6-5-12-34-19/h3-8,12,14,18H,2,9-11,13,15-16H2,1H3/b17-14+/t18-/m1/s1. The van der Waals surface area contributed by atoms with Gasteiger partial charge >= 0.3 is 5.97 Å². The average molecular weight is 511 g/mol. The molecule has 1 aromatic carbocycles. The van der Waals surface area contributed by atoms with Crippen LogP contribution in [0.3, 0.4) is 0 Å². The van der Waals surface area contributed by atoms with Crippen molar-refractivity contribution >= 4 is 55.6 Å². The van der Waals surface area contributed by atoms with Gasteiger partial charge in [-0.25, -0.2) is 18.2 Å². The van der Waals surface area contributed by atoms with Crippen LogP contribution in [-0.4, -0.2) is 60.9 Å². The van der Waals surface area contributed by atoms with Gasteiger partial charge in [-0.3, -0.25) is 4.79 Å². The summed E-state index contributed by atoms with van der Waals surface area (Å²) in [6.45, 7) is 1.74.